The fraction of sp³-hybridized carbons (Fsp3) is 0.182. The van der Waals surface area contributed by atoms with Crippen molar-refractivity contribution in [2.45, 2.75) is 24.9 Å². The number of aromatic nitrogens is 2. The Labute approximate surface area is 185 Å². The zero-order valence-electron chi connectivity index (χ0n) is 16.5. The van der Waals surface area contributed by atoms with Crippen molar-refractivity contribution < 1.29 is 14.3 Å². The van der Waals surface area contributed by atoms with E-state index in [1.54, 1.807) is 30.3 Å². The van der Waals surface area contributed by atoms with Crippen LogP contribution >= 0.6 is 11.6 Å². The van der Waals surface area contributed by atoms with Crippen LogP contribution in [0.25, 0.3) is 0 Å². The summed E-state index contributed by atoms with van der Waals surface area (Å²) in [6, 6.07) is 12.3. The molecular weight excluding hydrogens is 415 g/mol. The summed E-state index contributed by atoms with van der Waals surface area (Å²) in [7, 11) is 5.69. The van der Waals surface area contributed by atoms with Gasteiger partial charge < -0.3 is 15.4 Å². The van der Waals surface area contributed by atoms with E-state index in [2.05, 4.69) is 20.6 Å². The van der Waals surface area contributed by atoms with Crippen LogP contribution in [0.1, 0.15) is 28.8 Å². The molecule has 2 N–H and O–H groups in total. The summed E-state index contributed by atoms with van der Waals surface area (Å²) in [4.78, 5) is 32.6. The highest BCUT2D eigenvalue weighted by atomic mass is 35.5. The van der Waals surface area contributed by atoms with Gasteiger partial charge in [0, 0.05) is 18.9 Å². The lowest BCUT2D eigenvalue weighted by atomic mass is 9.97. The molecule has 1 aliphatic carbocycles. The van der Waals surface area contributed by atoms with Crippen LogP contribution in [0, 0.1) is 0 Å². The van der Waals surface area contributed by atoms with Crippen LogP contribution in [0.3, 0.4) is 0 Å². The molecule has 31 heavy (non-hydrogen) atoms. The van der Waals surface area contributed by atoms with Crippen molar-refractivity contribution >= 4 is 36.7 Å². The number of carbonyl (C=O) groups is 2. The molecule has 2 amide bonds. The Kier molecular flexibility index (Phi) is 5.91. The molecule has 3 aromatic rings. The maximum absolute atomic E-state index is 12.6. The Morgan fingerprint density at radius 1 is 1.10 bits per heavy atom. The molecule has 7 nitrogen and oxygen atoms in total. The summed E-state index contributed by atoms with van der Waals surface area (Å²) in [6.45, 7) is 0.327. The minimum Gasteiger partial charge on any atom is -0.456 e. The molecule has 0 aliphatic heterocycles. The van der Waals surface area contributed by atoms with Crippen molar-refractivity contribution in [2.24, 2.45) is 0 Å². The van der Waals surface area contributed by atoms with Gasteiger partial charge in [-0.15, -0.1) is 0 Å². The lowest BCUT2D eigenvalue weighted by molar-refractivity contribution is -0.124. The Balaban J connectivity index is 1.31. The number of nitrogens with one attached hydrogen (secondary N) is 2. The van der Waals surface area contributed by atoms with Gasteiger partial charge in [0.2, 0.25) is 5.91 Å². The molecule has 1 aromatic heterocycles. The average molecular weight is 433 g/mol. The first-order chi connectivity index (χ1) is 14.9. The number of benzene rings is 2. The molecular formula is C22H18BClN4O3. The summed E-state index contributed by atoms with van der Waals surface area (Å²) in [5, 5.41) is 6.10. The second kappa shape index (κ2) is 8.77. The largest absolute Gasteiger partial charge is 0.456 e. The van der Waals surface area contributed by atoms with Crippen molar-refractivity contribution in [1.82, 2.24) is 20.6 Å². The fourth-order valence-corrected chi connectivity index (χ4v) is 3.22. The minimum atomic E-state index is -0.873. The zero-order chi connectivity index (χ0) is 21.8. The third-order valence-corrected chi connectivity index (χ3v) is 5.22. The molecule has 4 rings (SSSR count). The topological polar surface area (TPSA) is 93.2 Å². The molecule has 0 bridgehead atoms. The molecule has 0 unspecified atom stereocenters. The number of hydrogen-bond acceptors (Lipinski definition) is 5. The third-order valence-electron chi connectivity index (χ3n) is 4.92. The molecule has 9 heteroatoms. The van der Waals surface area contributed by atoms with Gasteiger partial charge in [0.25, 0.3) is 5.91 Å². The van der Waals surface area contributed by atoms with Crippen LogP contribution in [0.5, 0.6) is 11.5 Å². The summed E-state index contributed by atoms with van der Waals surface area (Å²) in [5.41, 5.74) is 0.897. The van der Waals surface area contributed by atoms with E-state index in [0.717, 1.165) is 5.56 Å². The molecule has 2 radical (unpaired) electrons. The van der Waals surface area contributed by atoms with Gasteiger partial charge in [-0.25, -0.2) is 9.97 Å². The first-order valence-electron chi connectivity index (χ1n) is 9.63. The van der Waals surface area contributed by atoms with Gasteiger partial charge >= 0.3 is 0 Å². The van der Waals surface area contributed by atoms with Gasteiger partial charge in [-0.3, -0.25) is 9.59 Å². The number of amides is 2. The SMILES string of the molecule is [B]c1ccc(Oc2ccc(CNC(=O)C3(NC(=O)c4cncnc4)CC3)cc2)c(Cl)c1. The van der Waals surface area contributed by atoms with Gasteiger partial charge in [0.1, 0.15) is 31.2 Å². The summed E-state index contributed by atoms with van der Waals surface area (Å²) >= 11 is 6.13. The summed E-state index contributed by atoms with van der Waals surface area (Å²) in [5.74, 6) is 0.535. The summed E-state index contributed by atoms with van der Waals surface area (Å²) < 4.78 is 5.76. The normalized spacial score (nSPS) is 13.8. The van der Waals surface area contributed by atoms with E-state index < -0.39 is 5.54 Å². The highest BCUT2D eigenvalue weighted by molar-refractivity contribution is 6.37. The van der Waals surface area contributed by atoms with Crippen LogP contribution in [0.15, 0.2) is 61.2 Å². The van der Waals surface area contributed by atoms with E-state index in [-0.39, 0.29) is 11.8 Å². The van der Waals surface area contributed by atoms with E-state index in [4.69, 9.17) is 24.2 Å². The van der Waals surface area contributed by atoms with Gasteiger partial charge in [0.05, 0.1) is 10.6 Å². The van der Waals surface area contributed by atoms with Gasteiger partial charge in [0.15, 0.2) is 0 Å². The number of carbonyl (C=O) groups excluding carboxylic acids is 2. The van der Waals surface area contributed by atoms with Crippen molar-refractivity contribution in [2.75, 3.05) is 0 Å². The highest BCUT2D eigenvalue weighted by Gasteiger charge is 2.51. The highest BCUT2D eigenvalue weighted by Crippen LogP contribution is 2.36. The quantitative estimate of drug-likeness (QED) is 0.559. The lowest BCUT2D eigenvalue weighted by Crippen LogP contribution is -2.48. The first-order valence-corrected chi connectivity index (χ1v) is 10.0. The molecule has 1 heterocycles. The van der Waals surface area contributed by atoms with Crippen LogP contribution in [0.4, 0.5) is 0 Å². The smallest absolute Gasteiger partial charge is 0.255 e. The van der Waals surface area contributed by atoms with Crippen molar-refractivity contribution in [3.63, 3.8) is 0 Å². The van der Waals surface area contributed by atoms with Crippen LogP contribution in [-0.2, 0) is 11.3 Å². The number of rotatable bonds is 7. The Bertz CT molecular complexity index is 1110. The Hall–Kier alpha value is -3.39. The maximum Gasteiger partial charge on any atom is 0.255 e. The van der Waals surface area contributed by atoms with Crippen molar-refractivity contribution in [1.29, 1.82) is 0 Å². The molecule has 1 aliphatic rings. The first kappa shape index (κ1) is 20.9. The molecule has 2 aromatic carbocycles. The Morgan fingerprint density at radius 3 is 2.45 bits per heavy atom. The number of ether oxygens (including phenoxy) is 1. The fourth-order valence-electron chi connectivity index (χ4n) is 2.99. The maximum atomic E-state index is 12.6. The predicted molar refractivity (Wildman–Crippen MR) is 117 cm³/mol. The van der Waals surface area contributed by atoms with Gasteiger partial charge in [-0.05, 0) is 42.7 Å². The van der Waals surface area contributed by atoms with Crippen LogP contribution in [0.2, 0.25) is 5.02 Å². The predicted octanol–water partition coefficient (Wildman–Crippen LogP) is 2.29. The third kappa shape index (κ3) is 5.03. The second-order valence-electron chi connectivity index (χ2n) is 7.28. The van der Waals surface area contributed by atoms with E-state index in [1.165, 1.54) is 18.7 Å². The monoisotopic (exact) mass is 432 g/mol. The Morgan fingerprint density at radius 2 is 1.81 bits per heavy atom. The van der Waals surface area contributed by atoms with Crippen molar-refractivity contribution in [3.05, 3.63) is 77.3 Å². The van der Waals surface area contributed by atoms with E-state index in [0.29, 0.717) is 46.9 Å². The van der Waals surface area contributed by atoms with Gasteiger partial charge in [-0.2, -0.15) is 0 Å². The van der Waals surface area contributed by atoms with E-state index in [1.807, 2.05) is 12.1 Å². The lowest BCUT2D eigenvalue weighted by Gasteiger charge is -2.17. The van der Waals surface area contributed by atoms with E-state index in [9.17, 15) is 9.59 Å². The minimum absolute atomic E-state index is 0.216. The van der Waals surface area contributed by atoms with Crippen LogP contribution in [-0.4, -0.2) is 35.2 Å². The summed E-state index contributed by atoms with van der Waals surface area (Å²) in [6.07, 6.45) is 5.35. The molecule has 0 atom stereocenters. The second-order valence-corrected chi connectivity index (χ2v) is 7.69. The van der Waals surface area contributed by atoms with Crippen molar-refractivity contribution in [3.8, 4) is 11.5 Å². The number of halogens is 1. The molecule has 1 fully saturated rings. The van der Waals surface area contributed by atoms with Gasteiger partial charge in [-0.1, -0.05) is 35.3 Å². The average Bonchev–Trinajstić information content (AvgIpc) is 3.56. The zero-order valence-corrected chi connectivity index (χ0v) is 17.2. The molecule has 0 spiro atoms. The number of hydrogen-bond donors (Lipinski definition) is 2. The van der Waals surface area contributed by atoms with E-state index >= 15 is 0 Å². The number of nitrogens with zero attached hydrogens (tertiary/aromatic N) is 2. The standard InChI is InChI=1S/C22H18BClN4O3/c23-16-3-6-19(18(24)9-16)31-17-4-1-14(2-5-17)10-27-21(30)22(7-8-22)28-20(29)15-11-25-13-26-12-15/h1-6,9,11-13H,7-8,10H2,(H,27,30)(H,28,29). The molecule has 0 saturated heterocycles. The molecule has 154 valence electrons. The molecule has 1 saturated carbocycles. The van der Waals surface area contributed by atoms with Crippen LogP contribution < -0.4 is 20.8 Å².